The highest BCUT2D eigenvalue weighted by Gasteiger charge is 2.20. The molecule has 0 atom stereocenters. The van der Waals surface area contributed by atoms with Gasteiger partial charge in [-0.1, -0.05) is 135 Å². The number of benzene rings is 8. The van der Waals surface area contributed by atoms with Crippen LogP contribution in [0.4, 0.5) is 22.7 Å². The molecule has 0 saturated carbocycles. The summed E-state index contributed by atoms with van der Waals surface area (Å²) in [6.45, 7) is 6.50. The van der Waals surface area contributed by atoms with E-state index >= 15 is 0 Å². The van der Waals surface area contributed by atoms with E-state index < -0.39 is 60.4 Å². The van der Waals surface area contributed by atoms with Crippen LogP contribution >= 0.6 is 11.6 Å². The van der Waals surface area contributed by atoms with Crippen LogP contribution in [0.25, 0.3) is 71.8 Å². The quantitative estimate of drug-likeness (QED) is 0.151. The lowest BCUT2D eigenvalue weighted by molar-refractivity contribution is 0.483. The Kier molecular flexibility index (Phi) is 7.30. The highest BCUT2D eigenvalue weighted by Crippen LogP contribution is 2.44. The fourth-order valence-electron chi connectivity index (χ4n) is 8.21. The van der Waals surface area contributed by atoms with Crippen LogP contribution in [0.2, 0.25) is 5.02 Å². The Morgan fingerprint density at radius 1 is 0.594 bits per heavy atom. The minimum atomic E-state index is -0.580. The van der Waals surface area contributed by atoms with Crippen molar-refractivity contribution in [3.63, 3.8) is 0 Å². The maximum atomic E-state index is 9.02. The van der Waals surface area contributed by atoms with Crippen molar-refractivity contribution in [1.29, 1.82) is 0 Å². The zero-order valence-electron chi connectivity index (χ0n) is 44.8. The predicted octanol–water partition coefficient (Wildman–Crippen LogP) is 16.6. The minimum Gasteiger partial charge on any atom is -0.457 e. The van der Waals surface area contributed by atoms with E-state index in [-0.39, 0.29) is 33.4 Å². The van der Waals surface area contributed by atoms with Crippen molar-refractivity contribution in [3.8, 4) is 39.6 Å². The number of nitrogens with one attached hydrogen (secondary N) is 2. The molecule has 2 N–H and O–H groups in total. The Morgan fingerprint density at radius 2 is 1.31 bits per heavy atom. The van der Waals surface area contributed by atoms with Gasteiger partial charge >= 0.3 is 0 Å². The van der Waals surface area contributed by atoms with Gasteiger partial charge in [0.25, 0.3) is 0 Å². The van der Waals surface area contributed by atoms with Gasteiger partial charge in [0.2, 0.25) is 0 Å². The summed E-state index contributed by atoms with van der Waals surface area (Å²) in [7, 11) is 0. The Balaban J connectivity index is 1.05. The van der Waals surface area contributed by atoms with E-state index in [9.17, 15) is 0 Å². The molecular weight excluding hydrogens is 808 g/mol. The van der Waals surface area contributed by atoms with E-state index in [1.807, 2.05) is 109 Å². The molecule has 0 amide bonds. The largest absolute Gasteiger partial charge is 0.457 e. The number of hydrogen-bond acceptors (Lipinski definition) is 5. The molecule has 0 radical (unpaired) electrons. The fourth-order valence-corrected chi connectivity index (χ4v) is 8.38. The number of furan rings is 1. The standard InChI is InChI=1S/C57H43ClN4O2/c1-57(2,3)38-28-29-59-55(30-38)62-51-27-24-39(58)31-47(51)45-26-25-42(33-52(45)62)63-41-19-12-18-40(32-41)60-50-35-54-48(46-20-10-11-23-53(46)64-54)34-49(50)61-56-43(36-14-6-4-7-15-36)21-13-22-44(56)37-16-8-5-9-17-37/h4-35,60-61H,1-3H3/i4D,5D,6D,7D,8D,9D,14D,15D,16D,17D. The van der Waals surface area contributed by atoms with Crippen molar-refractivity contribution in [3.05, 3.63) is 205 Å². The smallest absolute Gasteiger partial charge is 0.137 e. The van der Waals surface area contributed by atoms with E-state index in [1.54, 1.807) is 18.2 Å². The molecule has 6 nitrogen and oxygen atoms in total. The van der Waals surface area contributed by atoms with Crippen molar-refractivity contribution < 1.29 is 22.9 Å². The number of nitrogens with zero attached hydrogens (tertiary/aromatic N) is 2. The topological polar surface area (TPSA) is 64.2 Å². The first-order valence-corrected chi connectivity index (χ1v) is 21.0. The number of pyridine rings is 1. The van der Waals surface area contributed by atoms with Crippen LogP contribution in [0, 0.1) is 0 Å². The SMILES string of the molecule is [2H]c1c([2H])c([2H])c(-c2cccc(-c3c([2H])c([2H])c([2H])c([2H])c3[2H])c2Nc2cc3c(cc2Nc2cccc(Oc4ccc5c6cc(Cl)ccc6n(-c6cc(C(C)(C)C)ccn6)c5c4)c2)oc2ccccc23)c([2H])c1[2H]. The lowest BCUT2D eigenvalue weighted by Crippen LogP contribution is -2.12. The second-order valence-electron chi connectivity index (χ2n) is 16.4. The van der Waals surface area contributed by atoms with Crippen molar-refractivity contribution in [2.75, 3.05) is 10.6 Å². The van der Waals surface area contributed by atoms with Crippen molar-refractivity contribution >= 4 is 78.1 Å². The molecule has 0 bridgehead atoms. The van der Waals surface area contributed by atoms with Gasteiger partial charge in [0.15, 0.2) is 0 Å². The van der Waals surface area contributed by atoms with E-state index in [1.165, 1.54) is 0 Å². The molecule has 0 spiro atoms. The molecule has 0 aliphatic carbocycles. The maximum absolute atomic E-state index is 9.02. The zero-order chi connectivity index (χ0) is 52.1. The molecule has 3 heterocycles. The van der Waals surface area contributed by atoms with Crippen LogP contribution in [-0.2, 0) is 5.41 Å². The normalized spacial score (nSPS) is 13.9. The molecule has 0 aliphatic rings. The van der Waals surface area contributed by atoms with Gasteiger partial charge in [0.1, 0.15) is 28.5 Å². The van der Waals surface area contributed by atoms with Gasteiger partial charge in [0, 0.05) is 67.8 Å². The second kappa shape index (κ2) is 15.8. The maximum Gasteiger partial charge on any atom is 0.137 e. The van der Waals surface area contributed by atoms with Crippen LogP contribution in [-0.4, -0.2) is 9.55 Å². The third kappa shape index (κ3) is 7.28. The Bertz CT molecular complexity index is 4000. The number of rotatable bonds is 9. The van der Waals surface area contributed by atoms with Crippen molar-refractivity contribution in [1.82, 2.24) is 9.55 Å². The van der Waals surface area contributed by atoms with Gasteiger partial charge in [-0.2, -0.15) is 0 Å². The third-order valence-corrected chi connectivity index (χ3v) is 11.5. The number of anilines is 4. The number of fused-ring (bicyclic) bond motifs is 6. The van der Waals surface area contributed by atoms with Crippen LogP contribution in [0.1, 0.15) is 40.0 Å². The number of ether oxygens (including phenoxy) is 1. The average Bonchev–Trinajstić information content (AvgIpc) is 3.91. The highest BCUT2D eigenvalue weighted by atomic mass is 35.5. The Morgan fingerprint density at radius 3 is 2.08 bits per heavy atom. The van der Waals surface area contributed by atoms with Crippen molar-refractivity contribution in [2.45, 2.75) is 26.2 Å². The highest BCUT2D eigenvalue weighted by molar-refractivity contribution is 6.32. The molecule has 0 saturated heterocycles. The fraction of sp³-hybridized carbons (Fsp3) is 0.0702. The number of aromatic nitrogens is 2. The Hall–Kier alpha value is -7.80. The molecule has 0 fully saturated rings. The summed E-state index contributed by atoms with van der Waals surface area (Å²) < 4.78 is 102. The van der Waals surface area contributed by atoms with Crippen LogP contribution in [0.3, 0.4) is 0 Å². The van der Waals surface area contributed by atoms with Gasteiger partial charge in [-0.25, -0.2) is 4.98 Å². The zero-order valence-corrected chi connectivity index (χ0v) is 35.5. The summed E-state index contributed by atoms with van der Waals surface area (Å²) in [5.41, 5.74) is 5.51. The summed E-state index contributed by atoms with van der Waals surface area (Å²) in [5.74, 6) is 1.82. The van der Waals surface area contributed by atoms with Crippen LogP contribution in [0.5, 0.6) is 11.5 Å². The van der Waals surface area contributed by atoms with Gasteiger partial charge in [-0.15, -0.1) is 0 Å². The summed E-state index contributed by atoms with van der Waals surface area (Å²) >= 11 is 6.56. The van der Waals surface area contributed by atoms with Gasteiger partial charge in [-0.05, 0) is 88.8 Å². The summed E-state index contributed by atoms with van der Waals surface area (Å²) in [5, 5.41) is 11.1. The summed E-state index contributed by atoms with van der Waals surface area (Å²) in [6.07, 6.45) is 1.83. The predicted molar refractivity (Wildman–Crippen MR) is 266 cm³/mol. The monoisotopic (exact) mass is 860 g/mol. The van der Waals surface area contributed by atoms with E-state index in [0.29, 0.717) is 50.1 Å². The molecule has 64 heavy (non-hydrogen) atoms. The van der Waals surface area contributed by atoms with Crippen LogP contribution in [0.15, 0.2) is 198 Å². The molecule has 0 unspecified atom stereocenters. The molecule has 7 heteroatoms. The van der Waals surface area contributed by atoms with Crippen LogP contribution < -0.4 is 15.4 Å². The Labute approximate surface area is 390 Å². The summed E-state index contributed by atoms with van der Waals surface area (Å²) in [6, 6.07) is 33.7. The molecule has 8 aromatic carbocycles. The van der Waals surface area contributed by atoms with Gasteiger partial charge in [0.05, 0.1) is 41.8 Å². The number of hydrogen-bond donors (Lipinski definition) is 2. The lowest BCUT2D eigenvalue weighted by Gasteiger charge is -2.20. The second-order valence-corrected chi connectivity index (χ2v) is 16.9. The minimum absolute atomic E-state index is 0.114. The molecule has 0 aliphatic heterocycles. The van der Waals surface area contributed by atoms with Gasteiger partial charge in [-0.3, -0.25) is 4.57 Å². The number of para-hydroxylation sites is 2. The molecular formula is C57H43ClN4O2. The molecule has 310 valence electrons. The van der Waals surface area contributed by atoms with E-state index in [2.05, 4.69) is 42.0 Å². The number of halogens is 1. The molecule has 11 aromatic rings. The molecule has 3 aromatic heterocycles. The summed E-state index contributed by atoms with van der Waals surface area (Å²) in [4.78, 5) is 4.82. The third-order valence-electron chi connectivity index (χ3n) is 11.3. The van der Waals surface area contributed by atoms with Gasteiger partial charge < -0.3 is 19.8 Å². The van der Waals surface area contributed by atoms with E-state index in [4.69, 9.17) is 39.4 Å². The molecule has 11 rings (SSSR count). The van der Waals surface area contributed by atoms with Crippen molar-refractivity contribution in [2.24, 2.45) is 0 Å². The first-order valence-electron chi connectivity index (χ1n) is 25.6. The lowest BCUT2D eigenvalue weighted by atomic mass is 9.88. The first-order chi connectivity index (χ1) is 35.4. The first kappa shape index (κ1) is 29.5. The van der Waals surface area contributed by atoms with E-state index in [0.717, 1.165) is 38.6 Å². The average molecular weight is 862 g/mol.